The lowest BCUT2D eigenvalue weighted by atomic mass is 10.0. The molecule has 1 aliphatic rings. The molecule has 1 N–H and O–H groups in total. The third-order valence-corrected chi connectivity index (χ3v) is 2.44. The molecule has 15 heavy (non-hydrogen) atoms. The summed E-state index contributed by atoms with van der Waals surface area (Å²) >= 11 is 0. The molecule has 0 aromatic carbocycles. The Hall–Kier alpha value is -1.51. The minimum Gasteiger partial charge on any atom is -0.486 e. The van der Waals surface area contributed by atoms with Crippen molar-refractivity contribution in [3.8, 4) is 0 Å². The van der Waals surface area contributed by atoms with E-state index >= 15 is 0 Å². The van der Waals surface area contributed by atoms with Gasteiger partial charge >= 0.3 is 5.97 Å². The molecule has 1 aliphatic carbocycles. The van der Waals surface area contributed by atoms with Crippen molar-refractivity contribution in [3.05, 3.63) is 35.1 Å². The highest BCUT2D eigenvalue weighted by Gasteiger charge is 2.14. The van der Waals surface area contributed by atoms with Gasteiger partial charge in [-0.15, -0.1) is 0 Å². The number of hydrogen-bond acceptors (Lipinski definition) is 2. The Morgan fingerprint density at radius 2 is 2.13 bits per heavy atom. The third kappa shape index (κ3) is 3.27. The van der Waals surface area contributed by atoms with Crippen LogP contribution in [0.4, 0.5) is 0 Å². The summed E-state index contributed by atoms with van der Waals surface area (Å²) < 4.78 is 5.23. The van der Waals surface area contributed by atoms with Crippen molar-refractivity contribution in [2.75, 3.05) is 6.61 Å². The Balaban J connectivity index is 2.79. The first kappa shape index (κ1) is 11.6. The van der Waals surface area contributed by atoms with Crippen molar-refractivity contribution in [1.29, 1.82) is 0 Å². The third-order valence-electron chi connectivity index (χ3n) is 2.44. The van der Waals surface area contributed by atoms with E-state index in [-0.39, 0.29) is 12.5 Å². The normalized spacial score (nSPS) is 21.0. The van der Waals surface area contributed by atoms with Gasteiger partial charge in [-0.1, -0.05) is 30.2 Å². The second kappa shape index (κ2) is 4.82. The largest absolute Gasteiger partial charge is 0.486 e. The van der Waals surface area contributed by atoms with Crippen LogP contribution in [0.25, 0.3) is 0 Å². The van der Waals surface area contributed by atoms with Crippen molar-refractivity contribution in [2.45, 2.75) is 20.8 Å². The molecule has 0 aromatic rings. The van der Waals surface area contributed by atoms with Gasteiger partial charge in [0.2, 0.25) is 0 Å². The fraction of sp³-hybridized carbons (Fsp3) is 0.417. The van der Waals surface area contributed by atoms with Crippen LogP contribution in [0.3, 0.4) is 0 Å². The van der Waals surface area contributed by atoms with Gasteiger partial charge in [0.05, 0.1) is 0 Å². The summed E-state index contributed by atoms with van der Waals surface area (Å²) in [7, 11) is 0. The lowest BCUT2D eigenvalue weighted by molar-refractivity contribution is -0.141. The molecule has 0 fully saturated rings. The predicted molar refractivity (Wildman–Crippen MR) is 58.3 cm³/mol. The highest BCUT2D eigenvalue weighted by Crippen LogP contribution is 2.24. The minimum absolute atomic E-state index is 0.137. The molecule has 0 saturated carbocycles. The van der Waals surface area contributed by atoms with Crippen LogP contribution in [0.2, 0.25) is 0 Å². The van der Waals surface area contributed by atoms with Gasteiger partial charge < -0.3 is 9.84 Å². The Morgan fingerprint density at radius 1 is 1.47 bits per heavy atom. The first-order valence-corrected chi connectivity index (χ1v) is 4.92. The van der Waals surface area contributed by atoms with Crippen molar-refractivity contribution >= 4 is 5.97 Å². The molecule has 1 atom stereocenters. The zero-order valence-corrected chi connectivity index (χ0v) is 9.28. The monoisotopic (exact) mass is 208 g/mol. The number of carboxylic acid groups (broad SMARTS) is 1. The lowest BCUT2D eigenvalue weighted by Crippen LogP contribution is -2.11. The van der Waals surface area contributed by atoms with E-state index in [9.17, 15) is 4.79 Å². The summed E-state index contributed by atoms with van der Waals surface area (Å²) in [4.78, 5) is 10.4. The Bertz CT molecular complexity index is 348. The van der Waals surface area contributed by atoms with Crippen molar-refractivity contribution in [3.63, 3.8) is 0 Å². The van der Waals surface area contributed by atoms with Crippen LogP contribution in [0.15, 0.2) is 35.1 Å². The number of carbonyl (C=O) groups is 1. The maximum atomic E-state index is 10.4. The molecule has 3 heteroatoms. The highest BCUT2D eigenvalue weighted by molar-refractivity contribution is 5.68. The Kier molecular flexibility index (Phi) is 3.72. The fourth-order valence-electron chi connectivity index (χ4n) is 1.43. The van der Waals surface area contributed by atoms with Gasteiger partial charge in [-0.3, -0.25) is 0 Å². The van der Waals surface area contributed by atoms with Crippen LogP contribution >= 0.6 is 0 Å². The average molecular weight is 208 g/mol. The molecule has 1 unspecified atom stereocenters. The van der Waals surface area contributed by atoms with Crippen LogP contribution in [0, 0.1) is 5.92 Å². The molecule has 0 heterocycles. The number of carboxylic acids is 1. The molecule has 0 bridgehead atoms. The quantitative estimate of drug-likeness (QED) is 0.775. The summed E-state index contributed by atoms with van der Waals surface area (Å²) in [6.45, 7) is 5.75. The smallest absolute Gasteiger partial charge is 0.341 e. The molecule has 0 radical (unpaired) electrons. The minimum atomic E-state index is -0.949. The van der Waals surface area contributed by atoms with Gasteiger partial charge in [0.25, 0.3) is 0 Å². The van der Waals surface area contributed by atoms with Gasteiger partial charge in [0.15, 0.2) is 6.61 Å². The lowest BCUT2D eigenvalue weighted by Gasteiger charge is -2.15. The second-order valence-corrected chi connectivity index (χ2v) is 3.77. The van der Waals surface area contributed by atoms with Crippen molar-refractivity contribution in [1.82, 2.24) is 0 Å². The molecular formula is C12H16O3. The van der Waals surface area contributed by atoms with Crippen LogP contribution in [-0.2, 0) is 9.53 Å². The van der Waals surface area contributed by atoms with Crippen molar-refractivity contribution < 1.29 is 14.6 Å². The van der Waals surface area contributed by atoms with E-state index in [0.29, 0.717) is 5.76 Å². The molecule has 1 rings (SSSR count). The van der Waals surface area contributed by atoms with E-state index < -0.39 is 5.97 Å². The summed E-state index contributed by atoms with van der Waals surface area (Å²) in [5, 5.41) is 8.54. The molecule has 0 aromatic heterocycles. The fourth-order valence-corrected chi connectivity index (χ4v) is 1.43. The summed E-state index contributed by atoms with van der Waals surface area (Å²) in [5.74, 6) is -0.101. The number of rotatable bonds is 3. The van der Waals surface area contributed by atoms with E-state index in [2.05, 4.69) is 6.08 Å². The van der Waals surface area contributed by atoms with Gasteiger partial charge in [-0.2, -0.15) is 0 Å². The number of aliphatic carboxylic acids is 1. The highest BCUT2D eigenvalue weighted by atomic mass is 16.5. The van der Waals surface area contributed by atoms with Crippen LogP contribution in [0.1, 0.15) is 20.8 Å². The maximum Gasteiger partial charge on any atom is 0.341 e. The number of hydrogen-bond donors (Lipinski definition) is 1. The molecule has 3 nitrogen and oxygen atoms in total. The van der Waals surface area contributed by atoms with Gasteiger partial charge in [-0.05, 0) is 19.9 Å². The summed E-state index contributed by atoms with van der Waals surface area (Å²) in [5.41, 5.74) is 2.33. The summed E-state index contributed by atoms with van der Waals surface area (Å²) in [6, 6.07) is 0. The van der Waals surface area contributed by atoms with Crippen LogP contribution < -0.4 is 0 Å². The SMILES string of the molecule is CC1=CC=C(OCC(=O)O)C(C)C(C)=C1. The Labute approximate surface area is 89.7 Å². The molecule has 0 aliphatic heterocycles. The Morgan fingerprint density at radius 3 is 2.73 bits per heavy atom. The molecule has 82 valence electrons. The first-order valence-electron chi connectivity index (χ1n) is 4.92. The van der Waals surface area contributed by atoms with E-state index in [1.807, 2.05) is 32.9 Å². The molecule has 0 saturated heterocycles. The van der Waals surface area contributed by atoms with E-state index in [1.54, 1.807) is 0 Å². The topological polar surface area (TPSA) is 46.5 Å². The van der Waals surface area contributed by atoms with Crippen LogP contribution in [-0.4, -0.2) is 17.7 Å². The number of ether oxygens (including phenoxy) is 1. The van der Waals surface area contributed by atoms with E-state index in [1.165, 1.54) is 5.57 Å². The van der Waals surface area contributed by atoms with Crippen molar-refractivity contribution in [2.24, 2.45) is 5.92 Å². The maximum absolute atomic E-state index is 10.4. The number of allylic oxidation sites excluding steroid dienone is 5. The zero-order valence-electron chi connectivity index (χ0n) is 9.28. The summed E-state index contributed by atoms with van der Waals surface area (Å²) in [6.07, 6.45) is 5.86. The first-order chi connectivity index (χ1) is 7.00. The average Bonchev–Trinajstić information content (AvgIpc) is 2.26. The predicted octanol–water partition coefficient (Wildman–Crippen LogP) is 2.51. The van der Waals surface area contributed by atoms with Gasteiger partial charge in [-0.25, -0.2) is 4.79 Å². The van der Waals surface area contributed by atoms with Crippen LogP contribution in [0.5, 0.6) is 0 Å². The van der Waals surface area contributed by atoms with Gasteiger partial charge in [0.1, 0.15) is 5.76 Å². The van der Waals surface area contributed by atoms with Gasteiger partial charge in [0, 0.05) is 5.92 Å². The molecular weight excluding hydrogens is 192 g/mol. The molecule has 0 amide bonds. The second-order valence-electron chi connectivity index (χ2n) is 3.77. The zero-order chi connectivity index (χ0) is 11.4. The van der Waals surface area contributed by atoms with E-state index in [0.717, 1.165) is 5.57 Å². The van der Waals surface area contributed by atoms with E-state index in [4.69, 9.17) is 9.84 Å². The molecule has 0 spiro atoms. The standard InChI is InChI=1S/C12H16O3/c1-8-4-5-11(15-7-12(13)14)10(3)9(2)6-8/h4-6,10H,7H2,1-3H3,(H,13,14).